The van der Waals surface area contributed by atoms with Crippen LogP contribution in [0.2, 0.25) is 0 Å². The number of benzene rings is 1. The van der Waals surface area contributed by atoms with E-state index in [1.807, 2.05) is 56.1 Å². The summed E-state index contributed by atoms with van der Waals surface area (Å²) < 4.78 is 0. The number of fused-ring (bicyclic) bond motifs is 1. The monoisotopic (exact) mass is 380 g/mol. The van der Waals surface area contributed by atoms with E-state index in [2.05, 4.69) is 31.0 Å². The minimum Gasteiger partial charge on any atom is -0.348 e. The third-order valence-electron chi connectivity index (χ3n) is 4.63. The summed E-state index contributed by atoms with van der Waals surface area (Å²) in [6.45, 7) is 4.26. The van der Waals surface area contributed by atoms with E-state index in [-0.39, 0.29) is 11.9 Å². The van der Waals surface area contributed by atoms with Crippen molar-refractivity contribution in [1.29, 1.82) is 0 Å². The largest absolute Gasteiger partial charge is 0.348 e. The van der Waals surface area contributed by atoms with E-state index < -0.39 is 0 Å². The Labute approximate surface area is 161 Å². The van der Waals surface area contributed by atoms with E-state index in [9.17, 15) is 4.79 Å². The van der Waals surface area contributed by atoms with Gasteiger partial charge in [-0.2, -0.15) is 4.98 Å². The van der Waals surface area contributed by atoms with Crippen LogP contribution >= 0.6 is 11.3 Å². The molecule has 1 aromatic carbocycles. The Kier molecular flexibility index (Phi) is 4.49. The van der Waals surface area contributed by atoms with Crippen LogP contribution in [0.25, 0.3) is 11.3 Å². The first-order valence-electron chi connectivity index (χ1n) is 8.69. The van der Waals surface area contributed by atoms with Crippen molar-refractivity contribution in [3.8, 4) is 11.3 Å². The van der Waals surface area contributed by atoms with Gasteiger partial charge < -0.3 is 15.5 Å². The first-order chi connectivity index (χ1) is 13.0. The number of carbonyl (C=O) groups excluding carboxylic acids is 1. The van der Waals surface area contributed by atoms with Crippen LogP contribution in [-0.2, 0) is 11.3 Å². The molecule has 0 radical (unpaired) electrons. The summed E-state index contributed by atoms with van der Waals surface area (Å²) in [7, 11) is 1.87. The lowest BCUT2D eigenvalue weighted by molar-refractivity contribution is -0.117. The van der Waals surface area contributed by atoms with Crippen molar-refractivity contribution in [1.82, 2.24) is 15.0 Å². The second kappa shape index (κ2) is 6.96. The highest BCUT2D eigenvalue weighted by molar-refractivity contribution is 7.09. The normalized spacial score (nSPS) is 16.0. The molecule has 0 saturated heterocycles. The number of rotatable bonds is 4. The predicted molar refractivity (Wildman–Crippen MR) is 108 cm³/mol. The van der Waals surface area contributed by atoms with Crippen LogP contribution in [0.4, 0.5) is 17.5 Å². The Morgan fingerprint density at radius 1 is 1.22 bits per heavy atom. The maximum atomic E-state index is 12.0. The fourth-order valence-electron chi connectivity index (χ4n) is 2.91. The Balaban J connectivity index is 1.52. The lowest BCUT2D eigenvalue weighted by atomic mass is 10.2. The average Bonchev–Trinajstić information content (AvgIpc) is 3.15. The molecule has 0 aliphatic carbocycles. The molecule has 2 aromatic heterocycles. The highest BCUT2D eigenvalue weighted by Gasteiger charge is 2.30. The summed E-state index contributed by atoms with van der Waals surface area (Å²) in [5.41, 5.74) is 3.48. The number of aromatic nitrogens is 3. The molecule has 0 spiro atoms. The zero-order valence-electron chi connectivity index (χ0n) is 15.4. The molecule has 1 aliphatic heterocycles. The second-order valence-electron chi connectivity index (χ2n) is 6.45. The third kappa shape index (κ3) is 3.35. The van der Waals surface area contributed by atoms with Crippen LogP contribution in [0.5, 0.6) is 0 Å². The summed E-state index contributed by atoms with van der Waals surface area (Å²) >= 11 is 1.60. The number of likely N-dealkylation sites (N-methyl/N-ethyl adjacent to an activating group) is 1. The van der Waals surface area contributed by atoms with Gasteiger partial charge in [0.2, 0.25) is 11.9 Å². The van der Waals surface area contributed by atoms with Gasteiger partial charge in [-0.25, -0.2) is 9.97 Å². The molecule has 2 N–H and O–H groups in total. The van der Waals surface area contributed by atoms with Crippen molar-refractivity contribution in [2.24, 2.45) is 0 Å². The van der Waals surface area contributed by atoms with E-state index >= 15 is 0 Å². The van der Waals surface area contributed by atoms with Crippen LogP contribution < -0.4 is 15.5 Å². The SMILES string of the molecule is Cc1nc(NCc2nc(-c3ccccc3)cs2)nc2c1NC(=O)[C@H](C)N2C. The summed E-state index contributed by atoms with van der Waals surface area (Å²) in [5.74, 6) is 1.20. The van der Waals surface area contributed by atoms with E-state index in [4.69, 9.17) is 0 Å². The Hall–Kier alpha value is -3.00. The van der Waals surface area contributed by atoms with E-state index in [1.165, 1.54) is 0 Å². The van der Waals surface area contributed by atoms with Gasteiger partial charge in [-0.3, -0.25) is 4.79 Å². The fourth-order valence-corrected chi connectivity index (χ4v) is 3.66. The number of nitrogens with zero attached hydrogens (tertiary/aromatic N) is 4. The number of anilines is 3. The number of hydrogen-bond donors (Lipinski definition) is 2. The molecule has 0 fully saturated rings. The standard InChI is InChI=1S/C19H20N6OS/c1-11-16-17(25(3)12(2)18(26)23-16)24-19(21-11)20-9-15-22-14(10-27-15)13-7-5-4-6-8-13/h4-8,10,12H,9H2,1-3H3,(H,23,26)(H,20,21,24)/t12-/m0/s1. The van der Waals surface area contributed by atoms with Gasteiger partial charge in [0.25, 0.3) is 0 Å². The smallest absolute Gasteiger partial charge is 0.246 e. The number of amides is 1. The Morgan fingerprint density at radius 3 is 2.78 bits per heavy atom. The molecule has 7 nitrogen and oxygen atoms in total. The minimum atomic E-state index is -0.271. The molecule has 0 saturated carbocycles. The molecule has 1 aliphatic rings. The summed E-state index contributed by atoms with van der Waals surface area (Å²) in [4.78, 5) is 27.6. The number of aryl methyl sites for hydroxylation is 1. The van der Waals surface area contributed by atoms with Crippen LogP contribution in [0.15, 0.2) is 35.7 Å². The topological polar surface area (TPSA) is 83.0 Å². The van der Waals surface area contributed by atoms with Crippen LogP contribution in [0.1, 0.15) is 17.6 Å². The Bertz CT molecular complexity index is 987. The lowest BCUT2D eigenvalue weighted by Gasteiger charge is -2.32. The van der Waals surface area contributed by atoms with Crippen LogP contribution in [0, 0.1) is 6.92 Å². The number of nitrogens with one attached hydrogen (secondary N) is 2. The molecule has 1 atom stereocenters. The van der Waals surface area contributed by atoms with Crippen molar-refractivity contribution in [2.75, 3.05) is 22.6 Å². The molecule has 3 aromatic rings. The lowest BCUT2D eigenvalue weighted by Crippen LogP contribution is -2.44. The van der Waals surface area contributed by atoms with Gasteiger partial charge >= 0.3 is 0 Å². The summed E-state index contributed by atoms with van der Waals surface area (Å²) in [5, 5.41) is 9.15. The van der Waals surface area contributed by atoms with Gasteiger partial charge in [-0.05, 0) is 13.8 Å². The zero-order chi connectivity index (χ0) is 19.0. The van der Waals surface area contributed by atoms with Crippen molar-refractivity contribution < 1.29 is 4.79 Å². The quantitative estimate of drug-likeness (QED) is 0.723. The molecule has 0 unspecified atom stereocenters. The van der Waals surface area contributed by atoms with Crippen LogP contribution in [0.3, 0.4) is 0 Å². The fraction of sp³-hybridized carbons (Fsp3) is 0.263. The van der Waals surface area contributed by atoms with Crippen molar-refractivity contribution in [3.63, 3.8) is 0 Å². The number of carbonyl (C=O) groups is 1. The molecular formula is C19H20N6OS. The highest BCUT2D eigenvalue weighted by atomic mass is 32.1. The molecule has 8 heteroatoms. The third-order valence-corrected chi connectivity index (χ3v) is 5.48. The van der Waals surface area contributed by atoms with E-state index in [0.717, 1.165) is 27.8 Å². The minimum absolute atomic E-state index is 0.0476. The molecule has 4 rings (SSSR count). The first kappa shape index (κ1) is 17.4. The van der Waals surface area contributed by atoms with Gasteiger partial charge in [0, 0.05) is 18.0 Å². The van der Waals surface area contributed by atoms with Gasteiger partial charge in [0.05, 0.1) is 17.9 Å². The molecule has 1 amide bonds. The number of hydrogen-bond acceptors (Lipinski definition) is 7. The molecule has 0 bridgehead atoms. The summed E-state index contributed by atoms with van der Waals surface area (Å²) in [6, 6.07) is 9.83. The highest BCUT2D eigenvalue weighted by Crippen LogP contribution is 2.32. The van der Waals surface area contributed by atoms with Crippen LogP contribution in [-0.4, -0.2) is 33.9 Å². The molecular weight excluding hydrogens is 360 g/mol. The summed E-state index contributed by atoms with van der Waals surface area (Å²) in [6.07, 6.45) is 0. The second-order valence-corrected chi connectivity index (χ2v) is 7.40. The van der Waals surface area contributed by atoms with Gasteiger partial charge in [-0.1, -0.05) is 30.3 Å². The maximum Gasteiger partial charge on any atom is 0.246 e. The predicted octanol–water partition coefficient (Wildman–Crippen LogP) is 3.30. The van der Waals surface area contributed by atoms with Crippen molar-refractivity contribution >= 4 is 34.7 Å². The van der Waals surface area contributed by atoms with E-state index in [0.29, 0.717) is 18.2 Å². The average molecular weight is 380 g/mol. The van der Waals surface area contributed by atoms with Gasteiger partial charge in [0.1, 0.15) is 16.7 Å². The number of thiazole rings is 1. The van der Waals surface area contributed by atoms with Crippen molar-refractivity contribution in [3.05, 3.63) is 46.4 Å². The Morgan fingerprint density at radius 2 is 2.00 bits per heavy atom. The first-order valence-corrected chi connectivity index (χ1v) is 9.57. The van der Waals surface area contributed by atoms with Crippen molar-refractivity contribution in [2.45, 2.75) is 26.4 Å². The van der Waals surface area contributed by atoms with Gasteiger partial charge in [0.15, 0.2) is 5.82 Å². The maximum absolute atomic E-state index is 12.0. The van der Waals surface area contributed by atoms with E-state index in [1.54, 1.807) is 11.3 Å². The van der Waals surface area contributed by atoms with Gasteiger partial charge in [-0.15, -0.1) is 11.3 Å². The molecule has 27 heavy (non-hydrogen) atoms. The zero-order valence-corrected chi connectivity index (χ0v) is 16.2. The molecule has 138 valence electrons. The molecule has 3 heterocycles.